The largest absolute Gasteiger partial charge is 0.497 e. The second-order valence-electron chi connectivity index (χ2n) is 4.59. The van der Waals surface area contributed by atoms with E-state index in [4.69, 9.17) is 9.84 Å². The highest BCUT2D eigenvalue weighted by Gasteiger charge is 2.29. The molecule has 21 heavy (non-hydrogen) atoms. The summed E-state index contributed by atoms with van der Waals surface area (Å²) in [6.07, 6.45) is -3.92. The molecule has 0 fully saturated rings. The lowest BCUT2D eigenvalue weighted by molar-refractivity contribution is -0.144. The van der Waals surface area contributed by atoms with Gasteiger partial charge in [-0.1, -0.05) is 11.8 Å². The monoisotopic (exact) mass is 301 g/mol. The van der Waals surface area contributed by atoms with E-state index in [1.165, 1.54) is 19.1 Å². The zero-order valence-corrected chi connectivity index (χ0v) is 12.0. The van der Waals surface area contributed by atoms with Gasteiger partial charge in [-0.05, 0) is 30.8 Å². The summed E-state index contributed by atoms with van der Waals surface area (Å²) in [4.78, 5) is 1.17. The van der Waals surface area contributed by atoms with Crippen molar-refractivity contribution in [3.05, 3.63) is 29.3 Å². The highest BCUT2D eigenvalue weighted by molar-refractivity contribution is 5.45. The minimum atomic E-state index is -4.24. The Balaban J connectivity index is 2.94. The lowest BCUT2D eigenvalue weighted by Crippen LogP contribution is -2.30. The maximum atomic E-state index is 12.4. The third-order valence-corrected chi connectivity index (χ3v) is 2.66. The lowest BCUT2D eigenvalue weighted by atomic mass is 10.1. The molecule has 0 saturated carbocycles. The topological polar surface area (TPSA) is 32.7 Å². The van der Waals surface area contributed by atoms with Crippen LogP contribution in [0.3, 0.4) is 0 Å². The second-order valence-corrected chi connectivity index (χ2v) is 4.59. The first-order chi connectivity index (χ1) is 9.85. The quantitative estimate of drug-likeness (QED) is 0.848. The molecule has 1 aromatic rings. The number of aliphatic hydroxyl groups excluding tert-OH is 1. The molecule has 3 nitrogen and oxygen atoms in total. The van der Waals surface area contributed by atoms with Crippen LogP contribution >= 0.6 is 0 Å². The number of alkyl halides is 3. The van der Waals surface area contributed by atoms with E-state index in [1.54, 1.807) is 18.2 Å². The molecule has 0 amide bonds. The van der Waals surface area contributed by atoms with E-state index in [2.05, 4.69) is 11.8 Å². The van der Waals surface area contributed by atoms with Crippen molar-refractivity contribution < 1.29 is 23.0 Å². The first kappa shape index (κ1) is 17.3. The van der Waals surface area contributed by atoms with Gasteiger partial charge in [0.25, 0.3) is 0 Å². The highest BCUT2D eigenvalue weighted by atomic mass is 19.4. The van der Waals surface area contributed by atoms with Gasteiger partial charge in [0.15, 0.2) is 0 Å². The predicted octanol–water partition coefficient (Wildman–Crippen LogP) is 2.42. The van der Waals surface area contributed by atoms with Crippen molar-refractivity contribution in [3.8, 4) is 17.6 Å². The van der Waals surface area contributed by atoms with Crippen molar-refractivity contribution >= 4 is 0 Å². The van der Waals surface area contributed by atoms with Gasteiger partial charge < -0.3 is 9.84 Å². The van der Waals surface area contributed by atoms with E-state index in [0.717, 1.165) is 0 Å². The molecular weight excluding hydrogens is 283 g/mol. The Morgan fingerprint density at radius 2 is 2.05 bits per heavy atom. The molecular formula is C15H18F3NO2. The molecule has 0 aromatic heterocycles. The first-order valence-electron chi connectivity index (χ1n) is 6.37. The van der Waals surface area contributed by atoms with Crippen molar-refractivity contribution in [2.24, 2.45) is 0 Å². The lowest BCUT2D eigenvalue weighted by Gasteiger charge is -2.19. The number of halogens is 3. The molecule has 0 saturated heterocycles. The molecule has 0 radical (unpaired) electrons. The predicted molar refractivity (Wildman–Crippen MR) is 74.0 cm³/mol. The van der Waals surface area contributed by atoms with Crippen LogP contribution in [0.4, 0.5) is 13.2 Å². The number of aliphatic hydroxyl groups is 1. The van der Waals surface area contributed by atoms with E-state index >= 15 is 0 Å². The Morgan fingerprint density at radius 3 is 2.62 bits per heavy atom. The minimum absolute atomic E-state index is 0.0491. The molecule has 0 bridgehead atoms. The SMILES string of the molecule is COc1ccc(C#CCCO)c(CN(C)CC(F)(F)F)c1. The van der Waals surface area contributed by atoms with Crippen molar-refractivity contribution in [3.63, 3.8) is 0 Å². The van der Waals surface area contributed by atoms with Crippen LogP contribution in [0.2, 0.25) is 0 Å². The molecule has 0 atom stereocenters. The standard InChI is InChI=1S/C15H18F3NO2/c1-19(11-15(16,17)18)10-13-9-14(21-2)7-6-12(13)5-3-4-8-20/h6-7,9,20H,4,8,10-11H2,1-2H3. The molecule has 0 aliphatic carbocycles. The summed E-state index contributed by atoms with van der Waals surface area (Å²) in [5, 5.41) is 8.71. The number of rotatable bonds is 5. The summed E-state index contributed by atoms with van der Waals surface area (Å²) in [7, 11) is 2.90. The van der Waals surface area contributed by atoms with E-state index < -0.39 is 12.7 Å². The number of hydrogen-bond donors (Lipinski definition) is 1. The molecule has 1 aromatic carbocycles. The van der Waals surface area contributed by atoms with Crippen LogP contribution in [0, 0.1) is 11.8 Å². The third kappa shape index (κ3) is 6.52. The summed E-state index contributed by atoms with van der Waals surface area (Å²) < 4.78 is 42.2. The average molecular weight is 301 g/mol. The molecule has 116 valence electrons. The van der Waals surface area contributed by atoms with Crippen molar-refractivity contribution in [1.29, 1.82) is 0 Å². The summed E-state index contributed by atoms with van der Waals surface area (Å²) in [5.74, 6) is 6.20. The van der Waals surface area contributed by atoms with Crippen LogP contribution in [0.25, 0.3) is 0 Å². The van der Waals surface area contributed by atoms with Crippen LogP contribution < -0.4 is 4.74 Å². The van der Waals surface area contributed by atoms with E-state index in [1.807, 2.05) is 0 Å². The van der Waals surface area contributed by atoms with Gasteiger partial charge in [-0.2, -0.15) is 13.2 Å². The number of hydrogen-bond acceptors (Lipinski definition) is 3. The van der Waals surface area contributed by atoms with Crippen molar-refractivity contribution in [2.75, 3.05) is 27.3 Å². The Morgan fingerprint density at radius 1 is 1.33 bits per heavy atom. The summed E-state index contributed by atoms with van der Waals surface area (Å²) >= 11 is 0. The number of ether oxygens (including phenoxy) is 1. The average Bonchev–Trinajstić information content (AvgIpc) is 2.38. The number of benzene rings is 1. The van der Waals surface area contributed by atoms with E-state index in [-0.39, 0.29) is 13.2 Å². The molecule has 0 aliphatic rings. The maximum absolute atomic E-state index is 12.4. The Hall–Kier alpha value is -1.71. The fourth-order valence-corrected chi connectivity index (χ4v) is 1.82. The fraction of sp³-hybridized carbons (Fsp3) is 0.467. The van der Waals surface area contributed by atoms with Crippen LogP contribution in [0.5, 0.6) is 5.75 Å². The van der Waals surface area contributed by atoms with Crippen LogP contribution in [0.1, 0.15) is 17.5 Å². The van der Waals surface area contributed by atoms with Gasteiger partial charge in [0, 0.05) is 18.5 Å². The van der Waals surface area contributed by atoms with Crippen molar-refractivity contribution in [1.82, 2.24) is 4.90 Å². The van der Waals surface area contributed by atoms with Crippen LogP contribution in [-0.2, 0) is 6.54 Å². The normalized spacial score (nSPS) is 11.2. The zero-order valence-electron chi connectivity index (χ0n) is 12.0. The molecule has 0 heterocycles. The van der Waals surface area contributed by atoms with Crippen LogP contribution in [-0.4, -0.2) is 43.5 Å². The maximum Gasteiger partial charge on any atom is 0.401 e. The van der Waals surface area contributed by atoms with E-state index in [9.17, 15) is 13.2 Å². The minimum Gasteiger partial charge on any atom is -0.497 e. The van der Waals surface area contributed by atoms with Gasteiger partial charge in [0.1, 0.15) is 5.75 Å². The second kappa shape index (κ2) is 7.91. The van der Waals surface area contributed by atoms with Gasteiger partial charge in [-0.25, -0.2) is 0 Å². The first-order valence-corrected chi connectivity index (χ1v) is 6.37. The van der Waals surface area contributed by atoms with Gasteiger partial charge in [-0.3, -0.25) is 4.90 Å². The summed E-state index contributed by atoms with van der Waals surface area (Å²) in [6, 6.07) is 5.09. The fourth-order valence-electron chi connectivity index (χ4n) is 1.82. The number of nitrogens with zero attached hydrogens (tertiary/aromatic N) is 1. The molecule has 1 N–H and O–H groups in total. The molecule has 0 aliphatic heterocycles. The zero-order chi connectivity index (χ0) is 15.9. The summed E-state index contributed by atoms with van der Waals surface area (Å²) in [5.41, 5.74) is 1.30. The highest BCUT2D eigenvalue weighted by Crippen LogP contribution is 2.21. The van der Waals surface area contributed by atoms with Gasteiger partial charge >= 0.3 is 6.18 Å². The molecule has 6 heteroatoms. The molecule has 0 unspecified atom stereocenters. The Bertz CT molecular complexity index is 518. The van der Waals surface area contributed by atoms with Gasteiger partial charge in [-0.15, -0.1) is 0 Å². The van der Waals surface area contributed by atoms with Crippen LogP contribution in [0.15, 0.2) is 18.2 Å². The Kier molecular flexibility index (Phi) is 6.53. The third-order valence-electron chi connectivity index (χ3n) is 2.66. The van der Waals surface area contributed by atoms with Gasteiger partial charge in [0.2, 0.25) is 0 Å². The summed E-state index contributed by atoms with van der Waals surface area (Å²) in [6.45, 7) is -0.931. The molecule has 1 rings (SSSR count). The van der Waals surface area contributed by atoms with E-state index in [0.29, 0.717) is 23.3 Å². The smallest absolute Gasteiger partial charge is 0.401 e. The number of methoxy groups -OCH3 is 1. The van der Waals surface area contributed by atoms with Gasteiger partial charge in [0.05, 0.1) is 20.3 Å². The molecule has 0 spiro atoms. The Labute approximate surface area is 122 Å². The van der Waals surface area contributed by atoms with Crippen molar-refractivity contribution in [2.45, 2.75) is 19.1 Å².